The van der Waals surface area contributed by atoms with Gasteiger partial charge in [0.15, 0.2) is 5.82 Å². The topological polar surface area (TPSA) is 85.8 Å². The summed E-state index contributed by atoms with van der Waals surface area (Å²) in [6.07, 6.45) is 1.60. The number of aromatic nitrogens is 3. The molecular weight excluding hydrogens is 305 g/mol. The Hall–Kier alpha value is -2.35. The molecule has 0 aliphatic rings. The molecule has 0 saturated carbocycles. The second kappa shape index (κ2) is 7.08. The molecule has 1 atom stereocenters. The van der Waals surface area contributed by atoms with Crippen molar-refractivity contribution < 1.29 is 9.18 Å². The van der Waals surface area contributed by atoms with Gasteiger partial charge in [-0.3, -0.25) is 4.79 Å². The van der Waals surface area contributed by atoms with E-state index in [1.807, 2.05) is 0 Å². The molecule has 3 N–H and O–H groups in total. The number of benzene rings is 1. The molecule has 0 aliphatic carbocycles. The van der Waals surface area contributed by atoms with E-state index in [2.05, 4.69) is 22.1 Å². The summed E-state index contributed by atoms with van der Waals surface area (Å²) in [6.45, 7) is 5.67. The largest absolute Gasteiger partial charge is 0.352 e. The number of nitrogens with two attached hydrogens (primary N) is 1. The molecule has 8 heteroatoms. The third kappa shape index (κ3) is 3.64. The number of hydrogen-bond acceptors (Lipinski definition) is 5. The van der Waals surface area contributed by atoms with Gasteiger partial charge in [0, 0.05) is 12.1 Å². The summed E-state index contributed by atoms with van der Waals surface area (Å²) in [6, 6.07) is 5.91. The monoisotopic (exact) mass is 321 g/mol. The van der Waals surface area contributed by atoms with Gasteiger partial charge >= 0.3 is 0 Å². The van der Waals surface area contributed by atoms with Crippen LogP contribution in [0.3, 0.4) is 0 Å². The van der Waals surface area contributed by atoms with E-state index in [0.717, 1.165) is 0 Å². The van der Waals surface area contributed by atoms with E-state index < -0.39 is 5.25 Å². The van der Waals surface area contributed by atoms with Crippen molar-refractivity contribution in [2.24, 2.45) is 0 Å². The van der Waals surface area contributed by atoms with E-state index in [9.17, 15) is 9.18 Å². The highest BCUT2D eigenvalue weighted by atomic mass is 32.2. The molecule has 1 heterocycles. The van der Waals surface area contributed by atoms with Crippen LogP contribution in [0.1, 0.15) is 6.92 Å². The SMILES string of the molecule is C=CCNC(=O)[C@H](C)Sc1nnc(-c2cccc(F)c2)n1N. The number of amides is 1. The lowest BCUT2D eigenvalue weighted by atomic mass is 10.2. The normalized spacial score (nSPS) is 11.9. The van der Waals surface area contributed by atoms with Gasteiger partial charge in [0.05, 0.1) is 5.25 Å². The number of carbonyl (C=O) groups excluding carboxylic acids is 1. The minimum Gasteiger partial charge on any atom is -0.352 e. The van der Waals surface area contributed by atoms with E-state index >= 15 is 0 Å². The zero-order valence-electron chi connectivity index (χ0n) is 12.0. The summed E-state index contributed by atoms with van der Waals surface area (Å²) < 4.78 is 14.5. The Morgan fingerprint density at radius 3 is 3.05 bits per heavy atom. The lowest BCUT2D eigenvalue weighted by Gasteiger charge is -2.10. The number of halogens is 1. The Morgan fingerprint density at radius 2 is 2.36 bits per heavy atom. The fraction of sp³-hybridized carbons (Fsp3) is 0.214. The van der Waals surface area contributed by atoms with Gasteiger partial charge in [0.2, 0.25) is 11.1 Å². The molecule has 0 bridgehead atoms. The van der Waals surface area contributed by atoms with Crippen LogP contribution in [0.25, 0.3) is 11.4 Å². The summed E-state index contributed by atoms with van der Waals surface area (Å²) in [5.41, 5.74) is 0.519. The Morgan fingerprint density at radius 1 is 1.59 bits per heavy atom. The highest BCUT2D eigenvalue weighted by Crippen LogP contribution is 2.25. The maximum Gasteiger partial charge on any atom is 0.233 e. The highest BCUT2D eigenvalue weighted by molar-refractivity contribution is 8.00. The van der Waals surface area contributed by atoms with Gasteiger partial charge in [-0.15, -0.1) is 16.8 Å². The van der Waals surface area contributed by atoms with Crippen LogP contribution in [0.15, 0.2) is 42.1 Å². The third-order valence-corrected chi connectivity index (χ3v) is 3.88. The molecule has 22 heavy (non-hydrogen) atoms. The van der Waals surface area contributed by atoms with Gasteiger partial charge in [-0.1, -0.05) is 30.0 Å². The molecule has 1 aromatic heterocycles. The van der Waals surface area contributed by atoms with Crippen molar-refractivity contribution in [3.05, 3.63) is 42.7 Å². The van der Waals surface area contributed by atoms with Crippen LogP contribution in [0.2, 0.25) is 0 Å². The van der Waals surface area contributed by atoms with Crippen molar-refractivity contribution in [2.75, 3.05) is 12.4 Å². The second-order valence-electron chi connectivity index (χ2n) is 4.48. The number of hydrogen-bond donors (Lipinski definition) is 2. The Labute approximate surface area is 131 Å². The van der Waals surface area contributed by atoms with Crippen molar-refractivity contribution in [2.45, 2.75) is 17.3 Å². The van der Waals surface area contributed by atoms with Crippen molar-refractivity contribution >= 4 is 17.7 Å². The molecule has 0 fully saturated rings. The maximum atomic E-state index is 13.3. The average Bonchev–Trinajstić information content (AvgIpc) is 2.86. The second-order valence-corrected chi connectivity index (χ2v) is 5.79. The van der Waals surface area contributed by atoms with E-state index in [1.165, 1.54) is 28.6 Å². The molecule has 0 saturated heterocycles. The van der Waals surface area contributed by atoms with Gasteiger partial charge in [-0.05, 0) is 19.1 Å². The smallest absolute Gasteiger partial charge is 0.233 e. The number of carbonyl (C=O) groups is 1. The number of rotatable bonds is 6. The standard InChI is InChI=1S/C14H16FN5OS/c1-3-7-17-13(21)9(2)22-14-19-18-12(20(14)16)10-5-4-6-11(15)8-10/h3-6,8-9H,1,7,16H2,2H3,(H,17,21)/t9-/m0/s1. The Balaban J connectivity index is 2.14. The zero-order chi connectivity index (χ0) is 16.1. The first-order valence-electron chi connectivity index (χ1n) is 6.54. The average molecular weight is 321 g/mol. The number of nitrogens with zero attached hydrogens (tertiary/aromatic N) is 3. The van der Waals surface area contributed by atoms with Crippen LogP contribution in [0, 0.1) is 5.82 Å². The van der Waals surface area contributed by atoms with Crippen molar-refractivity contribution in [1.82, 2.24) is 20.2 Å². The predicted molar refractivity (Wildman–Crippen MR) is 84.1 cm³/mol. The molecule has 6 nitrogen and oxygen atoms in total. The van der Waals surface area contributed by atoms with Crippen LogP contribution in [0.5, 0.6) is 0 Å². The van der Waals surface area contributed by atoms with E-state index in [4.69, 9.17) is 5.84 Å². The van der Waals surface area contributed by atoms with Crippen LogP contribution in [-0.2, 0) is 4.79 Å². The van der Waals surface area contributed by atoms with Gasteiger partial charge < -0.3 is 11.2 Å². The molecule has 116 valence electrons. The maximum absolute atomic E-state index is 13.3. The summed E-state index contributed by atoms with van der Waals surface area (Å²) in [5.74, 6) is 5.73. The quantitative estimate of drug-likeness (QED) is 0.479. The molecule has 2 rings (SSSR count). The van der Waals surface area contributed by atoms with Crippen molar-refractivity contribution in [1.29, 1.82) is 0 Å². The third-order valence-electron chi connectivity index (χ3n) is 2.82. The Kier molecular flexibility index (Phi) is 5.16. The van der Waals surface area contributed by atoms with E-state index in [1.54, 1.807) is 25.1 Å². The lowest BCUT2D eigenvalue weighted by Crippen LogP contribution is -2.31. The van der Waals surface area contributed by atoms with E-state index in [0.29, 0.717) is 23.1 Å². The van der Waals surface area contributed by atoms with Crippen molar-refractivity contribution in [3.8, 4) is 11.4 Å². The van der Waals surface area contributed by atoms with Crippen molar-refractivity contribution in [3.63, 3.8) is 0 Å². The van der Waals surface area contributed by atoms with Gasteiger partial charge in [-0.2, -0.15) is 0 Å². The van der Waals surface area contributed by atoms with Gasteiger partial charge in [-0.25, -0.2) is 9.07 Å². The lowest BCUT2D eigenvalue weighted by molar-refractivity contribution is -0.120. The van der Waals surface area contributed by atoms with Crippen LogP contribution >= 0.6 is 11.8 Å². The first kappa shape index (κ1) is 16.0. The summed E-state index contributed by atoms with van der Waals surface area (Å²) in [7, 11) is 0. The molecule has 2 aromatic rings. The molecular formula is C14H16FN5OS. The number of nitrogen functional groups attached to an aromatic ring is 1. The molecule has 0 spiro atoms. The zero-order valence-corrected chi connectivity index (χ0v) is 12.8. The highest BCUT2D eigenvalue weighted by Gasteiger charge is 2.19. The summed E-state index contributed by atoms with van der Waals surface area (Å²) >= 11 is 1.17. The van der Waals surface area contributed by atoms with E-state index in [-0.39, 0.29) is 11.7 Å². The minimum absolute atomic E-state index is 0.153. The molecule has 0 unspecified atom stereocenters. The fourth-order valence-corrected chi connectivity index (χ4v) is 2.50. The fourth-order valence-electron chi connectivity index (χ4n) is 1.71. The Bertz CT molecular complexity index is 688. The predicted octanol–water partition coefficient (Wildman–Crippen LogP) is 1.58. The minimum atomic E-state index is -0.396. The first-order chi connectivity index (χ1) is 10.5. The van der Waals surface area contributed by atoms with Crippen LogP contribution in [-0.4, -0.2) is 32.6 Å². The van der Waals surface area contributed by atoms with Gasteiger partial charge in [0.25, 0.3) is 0 Å². The number of thioether (sulfide) groups is 1. The molecule has 0 radical (unpaired) electrons. The van der Waals surface area contributed by atoms with Gasteiger partial charge in [0.1, 0.15) is 5.82 Å². The first-order valence-corrected chi connectivity index (χ1v) is 7.42. The molecule has 0 aliphatic heterocycles. The summed E-state index contributed by atoms with van der Waals surface area (Å²) in [4.78, 5) is 11.8. The summed E-state index contributed by atoms with van der Waals surface area (Å²) in [5, 5.41) is 10.6. The van der Waals surface area contributed by atoms with Crippen LogP contribution < -0.4 is 11.2 Å². The molecule has 1 amide bonds. The number of nitrogens with one attached hydrogen (secondary N) is 1. The van der Waals surface area contributed by atoms with Crippen LogP contribution in [0.4, 0.5) is 4.39 Å². The molecule has 1 aromatic carbocycles.